The average Bonchev–Trinajstić information content (AvgIpc) is 2.92. The molecule has 2 aromatic heterocycles. The van der Waals surface area contributed by atoms with Gasteiger partial charge in [0, 0.05) is 17.8 Å². The highest BCUT2D eigenvalue weighted by molar-refractivity contribution is 7.18. The summed E-state index contributed by atoms with van der Waals surface area (Å²) in [7, 11) is 0. The minimum Gasteiger partial charge on any atom is -0.297 e. The van der Waals surface area contributed by atoms with E-state index in [4.69, 9.17) is 0 Å². The molecule has 0 aromatic carbocycles. The van der Waals surface area contributed by atoms with E-state index in [1.165, 1.54) is 29.6 Å². The Morgan fingerprint density at radius 2 is 1.74 bits per heavy atom. The van der Waals surface area contributed by atoms with Crippen LogP contribution in [-0.2, 0) is 4.79 Å². The van der Waals surface area contributed by atoms with Crippen molar-refractivity contribution < 1.29 is 9.59 Å². The van der Waals surface area contributed by atoms with Crippen molar-refractivity contribution in [1.29, 1.82) is 0 Å². The second kappa shape index (κ2) is 6.76. The van der Waals surface area contributed by atoms with Crippen molar-refractivity contribution in [3.8, 4) is 0 Å². The SMILES string of the molecule is CC(=O)N(c1nc(C)c(C(=O)Nc2nc(C)c(C)s2)s1)C(C)C. The molecule has 0 saturated carbocycles. The summed E-state index contributed by atoms with van der Waals surface area (Å²) < 4.78 is 0. The first-order valence-corrected chi connectivity index (χ1v) is 8.86. The number of hydrogen-bond donors (Lipinski definition) is 1. The third-order valence-corrected chi connectivity index (χ3v) is 5.45. The van der Waals surface area contributed by atoms with Crippen molar-refractivity contribution in [3.05, 3.63) is 21.1 Å². The molecule has 0 aliphatic heterocycles. The summed E-state index contributed by atoms with van der Waals surface area (Å²) in [5, 5.41) is 3.93. The number of carbonyl (C=O) groups is 2. The molecule has 0 atom stereocenters. The maximum atomic E-state index is 12.5. The summed E-state index contributed by atoms with van der Waals surface area (Å²) in [6, 6.07) is -0.0155. The number of aromatic nitrogens is 2. The minimum absolute atomic E-state index is 0.0155. The predicted molar refractivity (Wildman–Crippen MR) is 94.7 cm³/mol. The van der Waals surface area contributed by atoms with Crippen LogP contribution in [0.2, 0.25) is 0 Å². The normalized spacial score (nSPS) is 10.9. The molecule has 0 unspecified atom stereocenters. The van der Waals surface area contributed by atoms with Gasteiger partial charge in [-0.05, 0) is 34.6 Å². The third kappa shape index (κ3) is 3.76. The van der Waals surface area contributed by atoms with Crippen molar-refractivity contribution >= 4 is 44.8 Å². The van der Waals surface area contributed by atoms with Crippen LogP contribution in [0.3, 0.4) is 0 Å². The molecule has 2 rings (SSSR count). The summed E-state index contributed by atoms with van der Waals surface area (Å²) in [6.07, 6.45) is 0. The van der Waals surface area contributed by atoms with Gasteiger partial charge in [-0.3, -0.25) is 19.8 Å². The zero-order valence-electron chi connectivity index (χ0n) is 14.1. The van der Waals surface area contributed by atoms with Crippen molar-refractivity contribution in [1.82, 2.24) is 9.97 Å². The predicted octanol–water partition coefficient (Wildman–Crippen LogP) is 3.54. The van der Waals surface area contributed by atoms with Crippen LogP contribution in [0, 0.1) is 20.8 Å². The van der Waals surface area contributed by atoms with E-state index in [0.717, 1.165) is 10.6 Å². The molecule has 0 spiro atoms. The summed E-state index contributed by atoms with van der Waals surface area (Å²) >= 11 is 2.66. The van der Waals surface area contributed by atoms with Gasteiger partial charge in [0.1, 0.15) is 4.88 Å². The maximum absolute atomic E-state index is 12.5. The number of carbonyl (C=O) groups excluding carboxylic acids is 2. The van der Waals surface area contributed by atoms with Crippen LogP contribution in [0.25, 0.3) is 0 Å². The van der Waals surface area contributed by atoms with Gasteiger partial charge in [0.25, 0.3) is 5.91 Å². The molecule has 8 heteroatoms. The van der Waals surface area contributed by atoms with E-state index in [2.05, 4.69) is 15.3 Å². The van der Waals surface area contributed by atoms with E-state index < -0.39 is 0 Å². The Balaban J connectivity index is 2.26. The molecule has 6 nitrogen and oxygen atoms in total. The van der Waals surface area contributed by atoms with Crippen LogP contribution < -0.4 is 10.2 Å². The van der Waals surface area contributed by atoms with Crippen LogP contribution in [-0.4, -0.2) is 27.8 Å². The molecule has 1 N–H and O–H groups in total. The zero-order valence-corrected chi connectivity index (χ0v) is 15.7. The fraction of sp³-hybridized carbons (Fsp3) is 0.467. The lowest BCUT2D eigenvalue weighted by atomic mass is 10.3. The Hall–Kier alpha value is -1.80. The van der Waals surface area contributed by atoms with Gasteiger partial charge in [-0.2, -0.15) is 0 Å². The number of thiazole rings is 2. The fourth-order valence-electron chi connectivity index (χ4n) is 2.10. The van der Waals surface area contributed by atoms with Crippen LogP contribution >= 0.6 is 22.7 Å². The molecule has 23 heavy (non-hydrogen) atoms. The topological polar surface area (TPSA) is 75.2 Å². The molecule has 0 aliphatic rings. The number of aryl methyl sites for hydroxylation is 3. The Bertz CT molecular complexity index is 729. The second-order valence-electron chi connectivity index (χ2n) is 5.51. The summed E-state index contributed by atoms with van der Waals surface area (Å²) in [5.74, 6) is -0.334. The molecule has 0 saturated heterocycles. The number of nitrogens with zero attached hydrogens (tertiary/aromatic N) is 3. The highest BCUT2D eigenvalue weighted by atomic mass is 32.1. The number of nitrogens with one attached hydrogen (secondary N) is 1. The summed E-state index contributed by atoms with van der Waals surface area (Å²) in [5.41, 5.74) is 1.52. The van der Waals surface area contributed by atoms with Crippen molar-refractivity contribution in [3.63, 3.8) is 0 Å². The zero-order chi connectivity index (χ0) is 17.3. The first-order valence-electron chi connectivity index (χ1n) is 7.23. The molecule has 2 heterocycles. The quantitative estimate of drug-likeness (QED) is 0.913. The van der Waals surface area contributed by atoms with Gasteiger partial charge in [0.05, 0.1) is 11.4 Å². The lowest BCUT2D eigenvalue weighted by Crippen LogP contribution is -2.34. The molecule has 2 amide bonds. The highest BCUT2D eigenvalue weighted by Gasteiger charge is 2.23. The Morgan fingerprint density at radius 3 is 2.22 bits per heavy atom. The Kier molecular flexibility index (Phi) is 5.16. The van der Waals surface area contributed by atoms with E-state index in [-0.39, 0.29) is 17.9 Å². The first-order chi connectivity index (χ1) is 10.7. The number of amides is 2. The minimum atomic E-state index is -0.243. The van der Waals surface area contributed by atoms with Gasteiger partial charge >= 0.3 is 0 Å². The van der Waals surface area contributed by atoms with Crippen molar-refractivity contribution in [2.45, 2.75) is 47.6 Å². The van der Waals surface area contributed by atoms with Crippen LogP contribution in [0.4, 0.5) is 10.3 Å². The van der Waals surface area contributed by atoms with Crippen LogP contribution in [0.5, 0.6) is 0 Å². The first kappa shape index (κ1) is 17.6. The summed E-state index contributed by atoms with van der Waals surface area (Å²) in [6.45, 7) is 11.0. The lowest BCUT2D eigenvalue weighted by Gasteiger charge is -2.21. The molecular formula is C15H20N4O2S2. The number of anilines is 2. The molecular weight excluding hydrogens is 332 g/mol. The highest BCUT2D eigenvalue weighted by Crippen LogP contribution is 2.29. The van der Waals surface area contributed by atoms with E-state index in [9.17, 15) is 9.59 Å². The van der Waals surface area contributed by atoms with Crippen molar-refractivity contribution in [2.24, 2.45) is 0 Å². The van der Waals surface area contributed by atoms with Gasteiger partial charge < -0.3 is 0 Å². The maximum Gasteiger partial charge on any atom is 0.269 e. The van der Waals surface area contributed by atoms with E-state index in [0.29, 0.717) is 20.8 Å². The number of hydrogen-bond acceptors (Lipinski definition) is 6. The third-order valence-electron chi connectivity index (χ3n) is 3.30. The van der Waals surface area contributed by atoms with Gasteiger partial charge in [0.2, 0.25) is 5.91 Å². The molecule has 2 aromatic rings. The van der Waals surface area contributed by atoms with Crippen LogP contribution in [0.15, 0.2) is 0 Å². The van der Waals surface area contributed by atoms with Crippen molar-refractivity contribution in [2.75, 3.05) is 10.2 Å². The van der Waals surface area contributed by atoms with Gasteiger partial charge in [-0.1, -0.05) is 11.3 Å². The Labute approximate surface area is 143 Å². The largest absolute Gasteiger partial charge is 0.297 e. The van der Waals surface area contributed by atoms with Gasteiger partial charge in [-0.15, -0.1) is 11.3 Å². The molecule has 0 aliphatic carbocycles. The van der Waals surface area contributed by atoms with E-state index in [1.54, 1.807) is 11.8 Å². The fourth-order valence-corrected chi connectivity index (χ4v) is 4.04. The van der Waals surface area contributed by atoms with E-state index >= 15 is 0 Å². The molecule has 0 radical (unpaired) electrons. The second-order valence-corrected chi connectivity index (χ2v) is 7.69. The standard InChI is InChI=1S/C15H20N4O2S2/c1-7(2)19(11(6)20)15-17-9(4)12(23-15)13(21)18-14-16-8(3)10(5)22-14/h7H,1-6H3,(H,16,18,21). The van der Waals surface area contributed by atoms with Crippen LogP contribution in [0.1, 0.15) is 46.7 Å². The smallest absolute Gasteiger partial charge is 0.269 e. The molecule has 0 fully saturated rings. The molecule has 124 valence electrons. The monoisotopic (exact) mass is 352 g/mol. The van der Waals surface area contributed by atoms with Gasteiger partial charge in [-0.25, -0.2) is 9.97 Å². The Morgan fingerprint density at radius 1 is 1.09 bits per heavy atom. The lowest BCUT2D eigenvalue weighted by molar-refractivity contribution is -0.116. The van der Waals surface area contributed by atoms with Gasteiger partial charge in [0.15, 0.2) is 10.3 Å². The average molecular weight is 352 g/mol. The number of rotatable bonds is 4. The molecule has 0 bridgehead atoms. The summed E-state index contributed by atoms with van der Waals surface area (Å²) in [4.78, 5) is 36.1. The van der Waals surface area contributed by atoms with E-state index in [1.807, 2.05) is 27.7 Å².